The largest absolute Gasteiger partial charge is 0.495 e. The van der Waals surface area contributed by atoms with Crippen molar-refractivity contribution < 1.29 is 29.0 Å². The Morgan fingerprint density at radius 3 is 2.67 bits per heavy atom. The summed E-state index contributed by atoms with van der Waals surface area (Å²) in [5.74, 6) is -2.03. The molecule has 30 heavy (non-hydrogen) atoms. The smallest absolute Gasteiger partial charge is 0.328 e. The van der Waals surface area contributed by atoms with Crippen LogP contribution in [0.25, 0.3) is 0 Å². The number of carbonyl (C=O) groups is 4. The molecular formula is C21H18N2O6S. The molecule has 3 amide bonds. The molecule has 9 heteroatoms. The first-order valence-corrected chi connectivity index (χ1v) is 9.75. The van der Waals surface area contributed by atoms with Crippen LogP contribution >= 0.6 is 11.8 Å². The Morgan fingerprint density at radius 2 is 1.93 bits per heavy atom. The van der Waals surface area contributed by atoms with Gasteiger partial charge in [0.15, 0.2) is 0 Å². The summed E-state index contributed by atoms with van der Waals surface area (Å²) in [4.78, 5) is 49.5. The second-order valence-electron chi connectivity index (χ2n) is 6.24. The lowest BCUT2D eigenvalue weighted by atomic mass is 10.2. The van der Waals surface area contributed by atoms with Gasteiger partial charge in [0.25, 0.3) is 0 Å². The first kappa shape index (κ1) is 21.1. The summed E-state index contributed by atoms with van der Waals surface area (Å²) < 4.78 is 5.26. The van der Waals surface area contributed by atoms with Crippen molar-refractivity contribution in [2.24, 2.45) is 0 Å². The lowest BCUT2D eigenvalue weighted by Crippen LogP contribution is -2.31. The van der Waals surface area contributed by atoms with Crippen LogP contribution in [0.4, 0.5) is 11.4 Å². The Kier molecular flexibility index (Phi) is 6.53. The highest BCUT2D eigenvalue weighted by Gasteiger charge is 2.41. The van der Waals surface area contributed by atoms with Crippen molar-refractivity contribution in [1.82, 2.24) is 0 Å². The standard InChI is InChI=1S/C21H18N2O6S/c1-29-16-8-3-2-7-15(16)23-19(25)12-17(21(23)28)30-14-6-4-5-13(11-14)22-18(24)9-10-20(26)27/h2-11,17H,12H2,1H3,(H,22,24)(H,26,27)/b10-9+/t17-/m1/s1. The molecule has 0 saturated carbocycles. The molecule has 0 aliphatic carbocycles. The van der Waals surface area contributed by atoms with Crippen LogP contribution < -0.4 is 15.0 Å². The molecule has 0 radical (unpaired) electrons. The van der Waals surface area contributed by atoms with Gasteiger partial charge in [0.05, 0.1) is 18.0 Å². The monoisotopic (exact) mass is 426 g/mol. The number of carboxylic acids is 1. The van der Waals surface area contributed by atoms with Crippen LogP contribution in [0.15, 0.2) is 65.6 Å². The number of nitrogens with zero attached hydrogens (tertiary/aromatic N) is 1. The molecule has 8 nitrogen and oxygen atoms in total. The highest BCUT2D eigenvalue weighted by Crippen LogP contribution is 2.37. The SMILES string of the molecule is COc1ccccc1N1C(=O)C[C@@H](Sc2cccc(NC(=O)/C=C/C(=O)O)c2)C1=O. The van der Waals surface area contributed by atoms with E-state index in [0.717, 1.165) is 17.1 Å². The minimum Gasteiger partial charge on any atom is -0.495 e. The lowest BCUT2D eigenvalue weighted by molar-refractivity contribution is -0.131. The van der Waals surface area contributed by atoms with E-state index in [-0.39, 0.29) is 18.2 Å². The van der Waals surface area contributed by atoms with E-state index in [4.69, 9.17) is 9.84 Å². The van der Waals surface area contributed by atoms with Gasteiger partial charge in [-0.15, -0.1) is 11.8 Å². The van der Waals surface area contributed by atoms with E-state index < -0.39 is 17.1 Å². The summed E-state index contributed by atoms with van der Waals surface area (Å²) in [6.45, 7) is 0. The van der Waals surface area contributed by atoms with Gasteiger partial charge in [-0.25, -0.2) is 9.69 Å². The molecule has 1 saturated heterocycles. The average molecular weight is 426 g/mol. The fourth-order valence-electron chi connectivity index (χ4n) is 2.91. The summed E-state index contributed by atoms with van der Waals surface area (Å²) in [5, 5.41) is 10.5. The Hall–Kier alpha value is -3.59. The fraction of sp³-hybridized carbons (Fsp3) is 0.143. The molecule has 2 aromatic carbocycles. The third-order valence-corrected chi connectivity index (χ3v) is 5.37. The first-order valence-electron chi connectivity index (χ1n) is 8.87. The van der Waals surface area contributed by atoms with Crippen molar-refractivity contribution in [3.05, 3.63) is 60.7 Å². The van der Waals surface area contributed by atoms with Crippen molar-refractivity contribution in [3.63, 3.8) is 0 Å². The number of anilines is 2. The number of nitrogens with one attached hydrogen (secondary N) is 1. The number of imide groups is 1. The zero-order chi connectivity index (χ0) is 21.7. The molecule has 0 aromatic heterocycles. The lowest BCUT2D eigenvalue weighted by Gasteiger charge is -2.17. The van der Waals surface area contributed by atoms with Crippen LogP contribution in [0, 0.1) is 0 Å². The van der Waals surface area contributed by atoms with Crippen LogP contribution in [-0.2, 0) is 19.2 Å². The highest BCUT2D eigenvalue weighted by atomic mass is 32.2. The number of ether oxygens (including phenoxy) is 1. The molecule has 2 N–H and O–H groups in total. The summed E-state index contributed by atoms with van der Waals surface area (Å²) in [5.41, 5.74) is 0.850. The number of carboxylic acid groups (broad SMARTS) is 1. The van der Waals surface area contributed by atoms with Gasteiger partial charge in [0.1, 0.15) is 5.75 Å². The number of amides is 3. The summed E-state index contributed by atoms with van der Waals surface area (Å²) in [6.07, 6.45) is 1.69. The Labute approximate surface area is 176 Å². The molecule has 0 bridgehead atoms. The molecule has 1 atom stereocenters. The summed E-state index contributed by atoms with van der Waals surface area (Å²) in [6, 6.07) is 13.6. The number of para-hydroxylation sites is 2. The maximum absolute atomic E-state index is 12.9. The van der Waals surface area contributed by atoms with Gasteiger partial charge in [-0.3, -0.25) is 14.4 Å². The zero-order valence-corrected chi connectivity index (χ0v) is 16.7. The van der Waals surface area contributed by atoms with Crippen molar-refractivity contribution >= 4 is 46.8 Å². The van der Waals surface area contributed by atoms with Crippen molar-refractivity contribution in [2.45, 2.75) is 16.6 Å². The topological polar surface area (TPSA) is 113 Å². The Morgan fingerprint density at radius 1 is 1.17 bits per heavy atom. The highest BCUT2D eigenvalue weighted by molar-refractivity contribution is 8.00. The van der Waals surface area contributed by atoms with Crippen molar-refractivity contribution in [3.8, 4) is 5.75 Å². The van der Waals surface area contributed by atoms with Crippen LogP contribution in [-0.4, -0.2) is 41.2 Å². The minimum absolute atomic E-state index is 0.0412. The normalized spacial score (nSPS) is 16.2. The molecule has 1 aliphatic rings. The minimum atomic E-state index is -1.22. The third kappa shape index (κ3) is 4.87. The van der Waals surface area contributed by atoms with Gasteiger partial charge in [-0.2, -0.15) is 0 Å². The van der Waals surface area contributed by atoms with E-state index in [1.807, 2.05) is 0 Å². The predicted octanol–water partition coefficient (Wildman–Crippen LogP) is 2.70. The first-order chi connectivity index (χ1) is 14.4. The van der Waals surface area contributed by atoms with E-state index in [2.05, 4.69) is 5.32 Å². The number of rotatable bonds is 7. The van der Waals surface area contributed by atoms with Gasteiger partial charge < -0.3 is 15.2 Å². The van der Waals surface area contributed by atoms with Crippen LogP contribution in [0.3, 0.4) is 0 Å². The maximum atomic E-state index is 12.9. The van der Waals surface area contributed by atoms with E-state index in [1.165, 1.54) is 18.9 Å². The number of hydrogen-bond acceptors (Lipinski definition) is 6. The van der Waals surface area contributed by atoms with Gasteiger partial charge in [-0.1, -0.05) is 18.2 Å². The number of hydrogen-bond donors (Lipinski definition) is 2. The maximum Gasteiger partial charge on any atom is 0.328 e. The van der Waals surface area contributed by atoms with Gasteiger partial charge in [-0.05, 0) is 30.3 Å². The third-order valence-electron chi connectivity index (χ3n) is 4.19. The molecule has 1 fully saturated rings. The number of aliphatic carboxylic acids is 1. The van der Waals surface area contributed by atoms with Crippen LogP contribution in [0.2, 0.25) is 0 Å². The van der Waals surface area contributed by atoms with E-state index in [9.17, 15) is 19.2 Å². The van der Waals surface area contributed by atoms with Gasteiger partial charge >= 0.3 is 5.97 Å². The van der Waals surface area contributed by atoms with E-state index >= 15 is 0 Å². The summed E-state index contributed by atoms with van der Waals surface area (Å²) in [7, 11) is 1.47. The molecular weight excluding hydrogens is 408 g/mol. The number of carbonyl (C=O) groups excluding carboxylic acids is 3. The molecule has 3 rings (SSSR count). The average Bonchev–Trinajstić information content (AvgIpc) is 2.99. The quantitative estimate of drug-likeness (QED) is 0.517. The van der Waals surface area contributed by atoms with Gasteiger partial charge in [0, 0.05) is 29.2 Å². The summed E-state index contributed by atoms with van der Waals surface area (Å²) >= 11 is 1.22. The second kappa shape index (κ2) is 9.27. The van der Waals surface area contributed by atoms with Crippen LogP contribution in [0.1, 0.15) is 6.42 Å². The van der Waals surface area contributed by atoms with Gasteiger partial charge in [0.2, 0.25) is 17.7 Å². The molecule has 2 aromatic rings. The molecule has 1 heterocycles. The molecule has 0 unspecified atom stereocenters. The molecule has 154 valence electrons. The van der Waals surface area contributed by atoms with Crippen molar-refractivity contribution in [1.29, 1.82) is 0 Å². The number of methoxy groups -OCH3 is 1. The fourth-order valence-corrected chi connectivity index (χ4v) is 4.02. The number of benzene rings is 2. The van der Waals surface area contributed by atoms with E-state index in [1.54, 1.807) is 48.5 Å². The number of thioether (sulfide) groups is 1. The van der Waals surface area contributed by atoms with E-state index in [0.29, 0.717) is 22.0 Å². The van der Waals surface area contributed by atoms with Crippen molar-refractivity contribution in [2.75, 3.05) is 17.3 Å². The second-order valence-corrected chi connectivity index (χ2v) is 7.51. The predicted molar refractivity (Wildman–Crippen MR) is 112 cm³/mol. The van der Waals surface area contributed by atoms with Crippen LogP contribution in [0.5, 0.6) is 5.75 Å². The molecule has 0 spiro atoms. The zero-order valence-electron chi connectivity index (χ0n) is 15.9. The Balaban J connectivity index is 1.73. The Bertz CT molecular complexity index is 1040. The molecule has 1 aliphatic heterocycles.